The van der Waals surface area contributed by atoms with Crippen LogP contribution in [0.25, 0.3) is 17.7 Å². The second-order valence-corrected chi connectivity index (χ2v) is 5.45. The van der Waals surface area contributed by atoms with Crippen LogP contribution in [0.3, 0.4) is 0 Å². The lowest BCUT2D eigenvalue weighted by atomic mass is 10.0. The number of hydrogen-bond acceptors (Lipinski definition) is 3. The SMILES string of the molecule is CN(C)c1ccc(/C=C2\C=Cc3ccc([N+](=O)[O-])cc32)cc1. The molecule has 0 amide bonds. The molecule has 0 atom stereocenters. The predicted molar refractivity (Wildman–Crippen MR) is 90.8 cm³/mol. The highest BCUT2D eigenvalue weighted by molar-refractivity contribution is 5.98. The Labute approximate surface area is 129 Å². The number of rotatable bonds is 3. The lowest BCUT2D eigenvalue weighted by molar-refractivity contribution is -0.384. The van der Waals surface area contributed by atoms with Crippen molar-refractivity contribution in [3.05, 3.63) is 75.3 Å². The van der Waals surface area contributed by atoms with Gasteiger partial charge >= 0.3 is 0 Å². The molecule has 0 aromatic heterocycles. The third-order valence-corrected chi connectivity index (χ3v) is 3.73. The Morgan fingerprint density at radius 1 is 1.05 bits per heavy atom. The Morgan fingerprint density at radius 3 is 2.41 bits per heavy atom. The number of fused-ring (bicyclic) bond motifs is 1. The summed E-state index contributed by atoms with van der Waals surface area (Å²) >= 11 is 0. The summed E-state index contributed by atoms with van der Waals surface area (Å²) in [5.41, 5.74) is 5.25. The molecule has 1 aliphatic carbocycles. The predicted octanol–water partition coefficient (Wildman–Crippen LogP) is 4.23. The molecule has 4 heteroatoms. The largest absolute Gasteiger partial charge is 0.378 e. The molecule has 3 rings (SSSR count). The molecule has 0 unspecified atom stereocenters. The highest BCUT2D eigenvalue weighted by Gasteiger charge is 2.15. The summed E-state index contributed by atoms with van der Waals surface area (Å²) in [6.07, 6.45) is 6.03. The Hall–Kier alpha value is -2.88. The van der Waals surface area contributed by atoms with Crippen molar-refractivity contribution in [1.29, 1.82) is 0 Å². The third kappa shape index (κ3) is 2.63. The number of benzene rings is 2. The molecule has 0 radical (unpaired) electrons. The van der Waals surface area contributed by atoms with Crippen molar-refractivity contribution in [3.63, 3.8) is 0 Å². The molecule has 0 fully saturated rings. The number of hydrogen-bond donors (Lipinski definition) is 0. The standard InChI is InChI=1S/C18H16N2O2/c1-19(2)16-8-3-13(4-9-16)11-15-6-5-14-7-10-17(20(21)22)12-18(14)15/h3-12H,1-2H3/b15-11+. The Kier molecular flexibility index (Phi) is 3.51. The van der Waals surface area contributed by atoms with Crippen LogP contribution in [0.5, 0.6) is 0 Å². The molecule has 0 saturated carbocycles. The van der Waals surface area contributed by atoms with E-state index in [9.17, 15) is 10.1 Å². The van der Waals surface area contributed by atoms with E-state index in [-0.39, 0.29) is 10.6 Å². The maximum absolute atomic E-state index is 10.9. The summed E-state index contributed by atoms with van der Waals surface area (Å²) < 4.78 is 0. The van der Waals surface area contributed by atoms with Crippen molar-refractivity contribution in [2.45, 2.75) is 0 Å². The van der Waals surface area contributed by atoms with Crippen LogP contribution in [0.1, 0.15) is 16.7 Å². The van der Waals surface area contributed by atoms with Crippen LogP contribution < -0.4 is 4.90 Å². The molecule has 0 aliphatic heterocycles. The Bertz CT molecular complexity index is 787. The van der Waals surface area contributed by atoms with Crippen molar-refractivity contribution in [3.8, 4) is 0 Å². The van der Waals surface area contributed by atoms with Crippen LogP contribution in [-0.4, -0.2) is 19.0 Å². The smallest absolute Gasteiger partial charge is 0.270 e. The van der Waals surface area contributed by atoms with Gasteiger partial charge in [-0.05, 0) is 46.5 Å². The molecule has 4 nitrogen and oxygen atoms in total. The quantitative estimate of drug-likeness (QED) is 0.628. The molecule has 1 aliphatic rings. The number of allylic oxidation sites excluding steroid dienone is 2. The molecule has 110 valence electrons. The maximum atomic E-state index is 10.9. The summed E-state index contributed by atoms with van der Waals surface area (Å²) in [7, 11) is 4.01. The van der Waals surface area contributed by atoms with Crippen molar-refractivity contribution < 1.29 is 4.92 Å². The Morgan fingerprint density at radius 2 is 1.77 bits per heavy atom. The van der Waals surface area contributed by atoms with Gasteiger partial charge in [0, 0.05) is 31.9 Å². The van der Waals surface area contributed by atoms with Gasteiger partial charge in [-0.25, -0.2) is 0 Å². The van der Waals surface area contributed by atoms with E-state index in [4.69, 9.17) is 0 Å². The van der Waals surface area contributed by atoms with E-state index in [0.717, 1.165) is 28.0 Å². The van der Waals surface area contributed by atoms with Gasteiger partial charge in [0.2, 0.25) is 0 Å². The van der Waals surface area contributed by atoms with Crippen molar-refractivity contribution in [2.24, 2.45) is 0 Å². The fourth-order valence-electron chi connectivity index (χ4n) is 2.50. The molecule has 0 spiro atoms. The van der Waals surface area contributed by atoms with E-state index >= 15 is 0 Å². The fraction of sp³-hybridized carbons (Fsp3) is 0.111. The summed E-state index contributed by atoms with van der Waals surface area (Å²) in [5, 5.41) is 10.9. The second kappa shape index (κ2) is 5.48. The van der Waals surface area contributed by atoms with Crippen molar-refractivity contribution in [1.82, 2.24) is 0 Å². The van der Waals surface area contributed by atoms with E-state index in [1.807, 2.05) is 49.4 Å². The summed E-state index contributed by atoms with van der Waals surface area (Å²) in [4.78, 5) is 12.6. The molecular weight excluding hydrogens is 276 g/mol. The lowest BCUT2D eigenvalue weighted by Gasteiger charge is -2.12. The van der Waals surface area contributed by atoms with E-state index in [1.165, 1.54) is 6.07 Å². The summed E-state index contributed by atoms with van der Waals surface area (Å²) in [6, 6.07) is 13.2. The number of anilines is 1. The number of nitro benzene ring substituents is 1. The van der Waals surface area contributed by atoms with Crippen molar-refractivity contribution >= 4 is 29.1 Å². The van der Waals surface area contributed by atoms with Gasteiger partial charge in [0.15, 0.2) is 0 Å². The molecule has 2 aromatic rings. The Balaban J connectivity index is 1.96. The average Bonchev–Trinajstić information content (AvgIpc) is 2.90. The number of non-ortho nitro benzene ring substituents is 1. The zero-order chi connectivity index (χ0) is 15.7. The molecule has 0 bridgehead atoms. The van der Waals surface area contributed by atoms with Crippen LogP contribution >= 0.6 is 0 Å². The fourth-order valence-corrected chi connectivity index (χ4v) is 2.50. The van der Waals surface area contributed by atoms with E-state index in [2.05, 4.69) is 12.1 Å². The minimum Gasteiger partial charge on any atom is -0.378 e. The molecule has 2 aromatic carbocycles. The normalized spacial score (nSPS) is 14.2. The van der Waals surface area contributed by atoms with Gasteiger partial charge in [-0.3, -0.25) is 10.1 Å². The lowest BCUT2D eigenvalue weighted by Crippen LogP contribution is -2.07. The van der Waals surface area contributed by atoms with Gasteiger partial charge in [-0.1, -0.05) is 24.3 Å². The monoisotopic (exact) mass is 292 g/mol. The number of nitro groups is 1. The van der Waals surface area contributed by atoms with E-state index < -0.39 is 0 Å². The first-order valence-corrected chi connectivity index (χ1v) is 7.00. The van der Waals surface area contributed by atoms with Crippen LogP contribution in [0, 0.1) is 10.1 Å². The highest BCUT2D eigenvalue weighted by atomic mass is 16.6. The minimum atomic E-state index is -0.359. The van der Waals surface area contributed by atoms with Crippen LogP contribution in [0.15, 0.2) is 48.5 Å². The summed E-state index contributed by atoms with van der Waals surface area (Å²) in [5.74, 6) is 0. The van der Waals surface area contributed by atoms with Gasteiger partial charge in [0.05, 0.1) is 4.92 Å². The first-order valence-electron chi connectivity index (χ1n) is 7.00. The third-order valence-electron chi connectivity index (χ3n) is 3.73. The maximum Gasteiger partial charge on any atom is 0.270 e. The first kappa shape index (κ1) is 14.1. The zero-order valence-corrected chi connectivity index (χ0v) is 12.5. The van der Waals surface area contributed by atoms with Crippen molar-refractivity contribution in [2.75, 3.05) is 19.0 Å². The molecule has 0 N–H and O–H groups in total. The summed E-state index contributed by atoms with van der Waals surface area (Å²) in [6.45, 7) is 0. The van der Waals surface area contributed by atoms with Gasteiger partial charge in [0.25, 0.3) is 5.69 Å². The van der Waals surface area contributed by atoms with Gasteiger partial charge < -0.3 is 4.90 Å². The number of nitrogens with zero attached hydrogens (tertiary/aromatic N) is 2. The zero-order valence-electron chi connectivity index (χ0n) is 12.5. The molecule has 0 heterocycles. The topological polar surface area (TPSA) is 46.4 Å². The van der Waals surface area contributed by atoms with Crippen LogP contribution in [0.2, 0.25) is 0 Å². The van der Waals surface area contributed by atoms with Gasteiger partial charge in [-0.2, -0.15) is 0 Å². The van der Waals surface area contributed by atoms with E-state index in [0.29, 0.717) is 0 Å². The highest BCUT2D eigenvalue weighted by Crippen LogP contribution is 2.33. The minimum absolute atomic E-state index is 0.122. The molecule has 22 heavy (non-hydrogen) atoms. The van der Waals surface area contributed by atoms with Crippen LogP contribution in [0.4, 0.5) is 11.4 Å². The van der Waals surface area contributed by atoms with E-state index in [1.54, 1.807) is 12.1 Å². The van der Waals surface area contributed by atoms with Gasteiger partial charge in [0.1, 0.15) is 0 Å². The first-order chi connectivity index (χ1) is 10.5. The second-order valence-electron chi connectivity index (χ2n) is 5.45. The van der Waals surface area contributed by atoms with Crippen LogP contribution in [-0.2, 0) is 0 Å². The average molecular weight is 292 g/mol. The molecular formula is C18H16N2O2. The van der Waals surface area contributed by atoms with Gasteiger partial charge in [-0.15, -0.1) is 0 Å². The molecule has 0 saturated heterocycles.